The first-order valence-corrected chi connectivity index (χ1v) is 14.9. The zero-order valence-corrected chi connectivity index (χ0v) is 24.0. The highest BCUT2D eigenvalue weighted by molar-refractivity contribution is 7.99. The summed E-state index contributed by atoms with van der Waals surface area (Å²) in [5, 5.41) is 17.7. The van der Waals surface area contributed by atoms with E-state index in [9.17, 15) is 13.9 Å². The van der Waals surface area contributed by atoms with Crippen LogP contribution in [0.5, 0.6) is 0 Å². The van der Waals surface area contributed by atoms with Gasteiger partial charge in [-0.1, -0.05) is 24.8 Å². The van der Waals surface area contributed by atoms with Gasteiger partial charge in [-0.15, -0.1) is 9.24 Å². The summed E-state index contributed by atoms with van der Waals surface area (Å²) in [5.41, 5.74) is 7.68. The Bertz CT molecular complexity index is 1110. The minimum absolute atomic E-state index is 0.00896. The van der Waals surface area contributed by atoms with E-state index in [0.29, 0.717) is 41.9 Å². The highest BCUT2D eigenvalue weighted by Crippen LogP contribution is 2.44. The van der Waals surface area contributed by atoms with Crippen LogP contribution in [0.4, 0.5) is 26.1 Å². The zero-order valence-electron chi connectivity index (χ0n) is 22.0. The summed E-state index contributed by atoms with van der Waals surface area (Å²) in [7, 11) is 2.65. The first-order chi connectivity index (χ1) is 18.1. The van der Waals surface area contributed by atoms with Crippen LogP contribution >= 0.6 is 21.0 Å². The molecular formula is C26H38F2N5O3PS. The third kappa shape index (κ3) is 7.66. The maximum atomic E-state index is 13.7. The number of benzene rings is 1. The fraction of sp³-hybridized carbons (Fsp3) is 0.615. The first-order valence-electron chi connectivity index (χ1n) is 13.1. The minimum Gasteiger partial charge on any atom is -0.393 e. The third-order valence-corrected chi connectivity index (χ3v) is 7.81. The lowest BCUT2D eigenvalue weighted by atomic mass is 10.1. The molecule has 0 bridgehead atoms. The number of hydrogen-bond acceptors (Lipinski definition) is 9. The van der Waals surface area contributed by atoms with E-state index >= 15 is 0 Å². The van der Waals surface area contributed by atoms with Crippen molar-refractivity contribution in [3.63, 3.8) is 0 Å². The number of anilines is 3. The van der Waals surface area contributed by atoms with Crippen molar-refractivity contribution < 1.29 is 23.4 Å². The van der Waals surface area contributed by atoms with Crippen molar-refractivity contribution in [1.82, 2.24) is 9.97 Å². The lowest BCUT2D eigenvalue weighted by Gasteiger charge is -2.27. The molecular weight excluding hydrogens is 531 g/mol. The average Bonchev–Trinajstić information content (AvgIpc) is 3.52. The second-order valence-electron chi connectivity index (χ2n) is 10.3. The van der Waals surface area contributed by atoms with Crippen molar-refractivity contribution in [3.05, 3.63) is 35.4 Å². The van der Waals surface area contributed by atoms with E-state index in [0.717, 1.165) is 36.4 Å². The fourth-order valence-electron chi connectivity index (χ4n) is 4.73. The van der Waals surface area contributed by atoms with Crippen molar-refractivity contribution in [1.29, 1.82) is 0 Å². The number of nitrogens with zero attached hydrogens (tertiary/aromatic N) is 2. The van der Waals surface area contributed by atoms with Crippen molar-refractivity contribution in [3.8, 4) is 0 Å². The molecule has 8 nitrogen and oxygen atoms in total. The molecule has 2 fully saturated rings. The van der Waals surface area contributed by atoms with Gasteiger partial charge in [-0.3, -0.25) is 0 Å². The normalized spacial score (nSPS) is 25.0. The van der Waals surface area contributed by atoms with Crippen LogP contribution in [0.3, 0.4) is 0 Å². The molecule has 1 aromatic carbocycles. The Hall–Kier alpha value is -1.78. The van der Waals surface area contributed by atoms with Crippen molar-refractivity contribution >= 4 is 38.3 Å². The maximum absolute atomic E-state index is 13.7. The Morgan fingerprint density at radius 2 is 1.84 bits per heavy atom. The Morgan fingerprint density at radius 1 is 1.13 bits per heavy atom. The largest absolute Gasteiger partial charge is 0.393 e. The molecule has 12 heteroatoms. The lowest BCUT2D eigenvalue weighted by molar-refractivity contribution is -0.223. The first kappa shape index (κ1) is 29.2. The average molecular weight is 570 g/mol. The fourth-order valence-corrected chi connectivity index (χ4v) is 5.56. The topological polar surface area (TPSA) is 115 Å². The molecule has 210 valence electrons. The second-order valence-corrected chi connectivity index (χ2v) is 12.0. The molecule has 4 rings (SSSR count). The van der Waals surface area contributed by atoms with Crippen molar-refractivity contribution in [2.45, 2.75) is 87.6 Å². The van der Waals surface area contributed by atoms with Gasteiger partial charge in [0.05, 0.1) is 18.8 Å². The molecule has 0 aliphatic heterocycles. The van der Waals surface area contributed by atoms with Gasteiger partial charge in [0.1, 0.15) is 5.69 Å². The summed E-state index contributed by atoms with van der Waals surface area (Å²) < 4.78 is 39.0. The van der Waals surface area contributed by atoms with Crippen LogP contribution in [0.25, 0.3) is 0 Å². The number of nitrogens with two attached hydrogens (primary N) is 1. The maximum Gasteiger partial charge on any atom is 0.191 e. The second kappa shape index (κ2) is 12.6. The molecule has 0 amide bonds. The van der Waals surface area contributed by atoms with Gasteiger partial charge in [-0.05, 0) is 63.4 Å². The van der Waals surface area contributed by atoms with Gasteiger partial charge in [0.25, 0.3) is 0 Å². The summed E-state index contributed by atoms with van der Waals surface area (Å²) in [6.07, 6.45) is 3.40. The van der Waals surface area contributed by atoms with Crippen LogP contribution in [0.1, 0.15) is 57.9 Å². The summed E-state index contributed by atoms with van der Waals surface area (Å²) in [5.74, 6) is -1.00. The SMILES string of the molecule is CCCSc1nc(NC2CC(OCCP)[C@@H](OC(C)(C)O)C2)c(N)c(NC2CC2c2ccc(F)c(F)c2)n1. The Kier molecular flexibility index (Phi) is 9.68. The van der Waals surface area contributed by atoms with Gasteiger partial charge in [0.2, 0.25) is 0 Å². The quantitative estimate of drug-likeness (QED) is 0.117. The molecule has 2 aromatic rings. The number of aliphatic hydroxyl groups is 1. The smallest absolute Gasteiger partial charge is 0.191 e. The standard InChI is InChI=1S/C26H38F2N5O3PS/c1-4-9-38-25-32-23(30-15-11-20(35-7-8-37)21(12-15)36-26(2,3)34)22(29)24(33-25)31-19-13-16(19)14-5-6-17(27)18(28)10-14/h5-6,10,15-16,19-21,34H,4,7-9,11-13,29,37H2,1-3H3,(H2,30,31,32,33)/t15?,16?,19?,20?,21-/m0/s1. The monoisotopic (exact) mass is 569 g/mol. The number of halogens is 2. The van der Waals surface area contributed by atoms with Crippen LogP contribution in [0, 0.1) is 11.6 Å². The van der Waals surface area contributed by atoms with Crippen LogP contribution in [-0.4, -0.2) is 63.7 Å². The molecule has 0 saturated heterocycles. The predicted octanol–water partition coefficient (Wildman–Crippen LogP) is 4.76. The van der Waals surface area contributed by atoms with E-state index in [1.54, 1.807) is 31.7 Å². The van der Waals surface area contributed by atoms with E-state index < -0.39 is 17.4 Å². The van der Waals surface area contributed by atoms with Gasteiger partial charge in [-0.2, -0.15) is 0 Å². The molecule has 2 aliphatic carbocycles. The number of aromatic nitrogens is 2. The molecule has 2 aliphatic rings. The predicted molar refractivity (Wildman–Crippen MR) is 151 cm³/mol. The van der Waals surface area contributed by atoms with Crippen LogP contribution in [0.2, 0.25) is 0 Å². The van der Waals surface area contributed by atoms with Crippen LogP contribution in [-0.2, 0) is 9.47 Å². The van der Waals surface area contributed by atoms with Gasteiger partial charge < -0.3 is 30.9 Å². The summed E-state index contributed by atoms with van der Waals surface area (Å²) in [4.78, 5) is 9.36. The van der Waals surface area contributed by atoms with E-state index in [1.165, 1.54) is 6.07 Å². The number of hydrogen-bond donors (Lipinski definition) is 4. The van der Waals surface area contributed by atoms with Gasteiger partial charge in [0.15, 0.2) is 34.2 Å². The van der Waals surface area contributed by atoms with E-state index in [4.69, 9.17) is 20.2 Å². The number of nitrogen functional groups attached to an aromatic ring is 1. The highest BCUT2D eigenvalue weighted by atomic mass is 32.2. The van der Waals surface area contributed by atoms with Crippen molar-refractivity contribution in [2.24, 2.45) is 0 Å². The Labute approximate surface area is 229 Å². The molecule has 0 spiro atoms. The number of thioether (sulfide) groups is 1. The molecule has 2 saturated carbocycles. The third-order valence-electron chi connectivity index (χ3n) is 6.52. The molecule has 5 N–H and O–H groups in total. The van der Waals surface area contributed by atoms with E-state index in [1.807, 2.05) is 0 Å². The zero-order chi connectivity index (χ0) is 27.4. The van der Waals surface area contributed by atoms with Crippen LogP contribution < -0.4 is 16.4 Å². The molecule has 1 heterocycles. The summed E-state index contributed by atoms with van der Waals surface area (Å²) >= 11 is 1.55. The van der Waals surface area contributed by atoms with Gasteiger partial charge in [0, 0.05) is 23.8 Å². The van der Waals surface area contributed by atoms with Crippen molar-refractivity contribution in [2.75, 3.05) is 34.9 Å². The molecule has 0 radical (unpaired) electrons. The minimum atomic E-state index is -1.27. The van der Waals surface area contributed by atoms with Gasteiger partial charge >= 0.3 is 0 Å². The Balaban J connectivity index is 1.50. The summed E-state index contributed by atoms with van der Waals surface area (Å²) in [6, 6.07) is 4.01. The van der Waals surface area contributed by atoms with E-state index in [2.05, 4.69) is 31.8 Å². The Morgan fingerprint density at radius 3 is 2.50 bits per heavy atom. The van der Waals surface area contributed by atoms with E-state index in [-0.39, 0.29) is 30.2 Å². The molecule has 38 heavy (non-hydrogen) atoms. The number of rotatable bonds is 13. The highest BCUT2D eigenvalue weighted by Gasteiger charge is 2.41. The summed E-state index contributed by atoms with van der Waals surface area (Å²) in [6.45, 7) is 5.90. The van der Waals surface area contributed by atoms with Crippen LogP contribution in [0.15, 0.2) is 23.4 Å². The number of nitrogens with one attached hydrogen (secondary N) is 2. The lowest BCUT2D eigenvalue weighted by Crippen LogP contribution is -2.36. The molecule has 1 aromatic heterocycles. The molecule has 5 unspecified atom stereocenters. The van der Waals surface area contributed by atoms with Gasteiger partial charge in [-0.25, -0.2) is 18.7 Å². The number of ether oxygens (including phenoxy) is 2. The molecule has 6 atom stereocenters.